The van der Waals surface area contributed by atoms with Crippen molar-refractivity contribution >= 4 is 0 Å². The largest absolute Gasteiger partial charge is 0.324 e. The second-order valence-electron chi connectivity index (χ2n) is 5.42. The third-order valence-corrected chi connectivity index (χ3v) is 3.80. The Morgan fingerprint density at radius 3 is 2.27 bits per heavy atom. The average Bonchev–Trinajstić information content (AvgIpc) is 2.87. The third kappa shape index (κ3) is 2.07. The van der Waals surface area contributed by atoms with Crippen LogP contribution in [0, 0.1) is 11.3 Å². The van der Waals surface area contributed by atoms with E-state index in [0.717, 1.165) is 6.42 Å². The van der Waals surface area contributed by atoms with E-state index in [4.69, 9.17) is 5.73 Å². The Morgan fingerprint density at radius 2 is 1.87 bits per heavy atom. The van der Waals surface area contributed by atoms with E-state index in [0.29, 0.717) is 11.3 Å². The minimum atomic E-state index is 0.228. The third-order valence-electron chi connectivity index (χ3n) is 3.80. The molecule has 0 heterocycles. The fraction of sp³-hybridized carbons (Fsp3) is 0.571. The molecule has 15 heavy (non-hydrogen) atoms. The first kappa shape index (κ1) is 10.7. The quantitative estimate of drug-likeness (QED) is 0.801. The molecule has 1 aromatic carbocycles. The summed E-state index contributed by atoms with van der Waals surface area (Å²) in [7, 11) is 0. The van der Waals surface area contributed by atoms with E-state index in [1.165, 1.54) is 17.5 Å². The maximum atomic E-state index is 6.27. The molecule has 1 heteroatoms. The molecule has 0 saturated heterocycles. The van der Waals surface area contributed by atoms with Crippen molar-refractivity contribution in [3.05, 3.63) is 35.4 Å². The summed E-state index contributed by atoms with van der Waals surface area (Å²) in [6.07, 6.45) is 2.37. The molecule has 2 unspecified atom stereocenters. The van der Waals surface area contributed by atoms with E-state index < -0.39 is 0 Å². The molecule has 1 nitrogen and oxygen atoms in total. The normalized spacial score (nSPS) is 24.9. The van der Waals surface area contributed by atoms with Crippen molar-refractivity contribution in [3.8, 4) is 0 Å². The number of benzene rings is 1. The molecule has 0 aliphatic heterocycles. The van der Waals surface area contributed by atoms with Gasteiger partial charge in [-0.25, -0.2) is 0 Å². The number of nitrogens with two attached hydrogens (primary N) is 1. The number of rotatable bonds is 3. The molecule has 1 saturated carbocycles. The number of hydrogen-bond acceptors (Lipinski definition) is 1. The fourth-order valence-electron chi connectivity index (χ4n) is 2.33. The Hall–Kier alpha value is -0.820. The molecule has 1 aliphatic rings. The second kappa shape index (κ2) is 3.64. The molecule has 2 atom stereocenters. The summed E-state index contributed by atoms with van der Waals surface area (Å²) in [4.78, 5) is 0. The van der Waals surface area contributed by atoms with E-state index in [1.54, 1.807) is 0 Å². The highest BCUT2D eigenvalue weighted by atomic mass is 14.7. The average molecular weight is 203 g/mol. The predicted molar refractivity (Wildman–Crippen MR) is 64.6 cm³/mol. The first-order valence-corrected chi connectivity index (χ1v) is 5.89. The van der Waals surface area contributed by atoms with Gasteiger partial charge in [0.1, 0.15) is 0 Å². The van der Waals surface area contributed by atoms with E-state index in [1.807, 2.05) is 0 Å². The van der Waals surface area contributed by atoms with Crippen molar-refractivity contribution in [2.24, 2.45) is 17.1 Å². The monoisotopic (exact) mass is 203 g/mol. The van der Waals surface area contributed by atoms with E-state index in [9.17, 15) is 0 Å². The van der Waals surface area contributed by atoms with Gasteiger partial charge in [-0.2, -0.15) is 0 Å². The lowest BCUT2D eigenvalue weighted by atomic mass is 9.97. The summed E-state index contributed by atoms with van der Waals surface area (Å²) < 4.78 is 0. The van der Waals surface area contributed by atoms with Crippen LogP contribution in [0.2, 0.25) is 0 Å². The molecule has 82 valence electrons. The van der Waals surface area contributed by atoms with Gasteiger partial charge < -0.3 is 5.73 Å². The molecule has 1 fully saturated rings. The predicted octanol–water partition coefficient (Wildman–Crippen LogP) is 3.29. The zero-order valence-corrected chi connectivity index (χ0v) is 9.96. The topological polar surface area (TPSA) is 26.0 Å². The highest BCUT2D eigenvalue weighted by Gasteiger charge is 2.49. The van der Waals surface area contributed by atoms with Gasteiger partial charge in [-0.15, -0.1) is 0 Å². The van der Waals surface area contributed by atoms with Crippen LogP contribution in [-0.2, 0) is 6.42 Å². The number of hydrogen-bond donors (Lipinski definition) is 1. The Kier molecular flexibility index (Phi) is 2.59. The van der Waals surface area contributed by atoms with Crippen LogP contribution >= 0.6 is 0 Å². The summed E-state index contributed by atoms with van der Waals surface area (Å²) >= 11 is 0. The minimum Gasteiger partial charge on any atom is -0.324 e. The van der Waals surface area contributed by atoms with Gasteiger partial charge in [0.05, 0.1) is 0 Å². The van der Waals surface area contributed by atoms with Gasteiger partial charge >= 0.3 is 0 Å². The Balaban J connectivity index is 2.10. The lowest BCUT2D eigenvalue weighted by molar-refractivity contribution is 0.491. The highest BCUT2D eigenvalue weighted by molar-refractivity contribution is 5.27. The molecule has 0 bridgehead atoms. The van der Waals surface area contributed by atoms with Crippen molar-refractivity contribution in [2.45, 2.75) is 39.7 Å². The summed E-state index contributed by atoms with van der Waals surface area (Å²) in [6, 6.07) is 9.01. The molecular formula is C14H21N. The summed E-state index contributed by atoms with van der Waals surface area (Å²) in [6.45, 7) is 6.79. The van der Waals surface area contributed by atoms with Gasteiger partial charge in [-0.05, 0) is 35.3 Å². The molecule has 0 radical (unpaired) electrons. The van der Waals surface area contributed by atoms with Gasteiger partial charge in [0, 0.05) is 6.04 Å². The first-order valence-electron chi connectivity index (χ1n) is 5.89. The zero-order chi connectivity index (χ0) is 11.1. The van der Waals surface area contributed by atoms with Crippen LogP contribution in [0.3, 0.4) is 0 Å². The number of aryl methyl sites for hydroxylation is 1. The molecular weight excluding hydrogens is 182 g/mol. The molecule has 0 spiro atoms. The SMILES string of the molecule is CCc1ccc(C(N)C2CC2(C)C)cc1. The lowest BCUT2D eigenvalue weighted by Gasteiger charge is -2.14. The van der Waals surface area contributed by atoms with Crippen LogP contribution in [0.15, 0.2) is 24.3 Å². The molecule has 1 aromatic rings. The van der Waals surface area contributed by atoms with Crippen molar-refractivity contribution in [1.29, 1.82) is 0 Å². The van der Waals surface area contributed by atoms with Gasteiger partial charge in [0.2, 0.25) is 0 Å². The van der Waals surface area contributed by atoms with Crippen LogP contribution in [0.5, 0.6) is 0 Å². The molecule has 2 rings (SSSR count). The van der Waals surface area contributed by atoms with Crippen LogP contribution in [0.25, 0.3) is 0 Å². The molecule has 0 aromatic heterocycles. The van der Waals surface area contributed by atoms with Crippen molar-refractivity contribution in [2.75, 3.05) is 0 Å². The van der Waals surface area contributed by atoms with Gasteiger partial charge in [-0.3, -0.25) is 0 Å². The maximum absolute atomic E-state index is 6.27. The molecule has 2 N–H and O–H groups in total. The van der Waals surface area contributed by atoms with Crippen molar-refractivity contribution in [1.82, 2.24) is 0 Å². The Labute approximate surface area is 92.7 Å². The van der Waals surface area contributed by atoms with Gasteiger partial charge in [0.15, 0.2) is 0 Å². The lowest BCUT2D eigenvalue weighted by Crippen LogP contribution is -2.15. The molecule has 0 amide bonds. The van der Waals surface area contributed by atoms with Gasteiger partial charge in [0.25, 0.3) is 0 Å². The van der Waals surface area contributed by atoms with Crippen molar-refractivity contribution in [3.63, 3.8) is 0 Å². The fourth-order valence-corrected chi connectivity index (χ4v) is 2.33. The standard InChI is InChI=1S/C14H21N/c1-4-10-5-7-11(8-6-10)13(15)12-9-14(12,2)3/h5-8,12-13H,4,9,15H2,1-3H3. The van der Waals surface area contributed by atoms with E-state index in [-0.39, 0.29) is 6.04 Å². The smallest absolute Gasteiger partial charge is 0.0328 e. The van der Waals surface area contributed by atoms with Crippen LogP contribution in [-0.4, -0.2) is 0 Å². The maximum Gasteiger partial charge on any atom is 0.0328 e. The van der Waals surface area contributed by atoms with E-state index in [2.05, 4.69) is 45.0 Å². The van der Waals surface area contributed by atoms with Crippen LogP contribution < -0.4 is 5.73 Å². The minimum absolute atomic E-state index is 0.228. The van der Waals surface area contributed by atoms with Crippen LogP contribution in [0.4, 0.5) is 0 Å². The Bertz CT molecular complexity index is 337. The van der Waals surface area contributed by atoms with Crippen molar-refractivity contribution < 1.29 is 0 Å². The Morgan fingerprint density at radius 1 is 1.33 bits per heavy atom. The zero-order valence-electron chi connectivity index (χ0n) is 9.96. The summed E-state index contributed by atoms with van der Waals surface area (Å²) in [5, 5.41) is 0. The van der Waals surface area contributed by atoms with E-state index >= 15 is 0 Å². The first-order chi connectivity index (χ1) is 7.04. The van der Waals surface area contributed by atoms with Gasteiger partial charge in [-0.1, -0.05) is 45.0 Å². The summed E-state index contributed by atoms with van der Waals surface area (Å²) in [5.74, 6) is 0.671. The molecule has 1 aliphatic carbocycles. The van der Waals surface area contributed by atoms with Crippen LogP contribution in [0.1, 0.15) is 44.4 Å². The highest BCUT2D eigenvalue weighted by Crippen LogP contribution is 2.56. The summed E-state index contributed by atoms with van der Waals surface area (Å²) in [5.41, 5.74) is 9.41. The second-order valence-corrected chi connectivity index (χ2v) is 5.42.